The summed E-state index contributed by atoms with van der Waals surface area (Å²) in [6, 6.07) is 17.1. The Balaban J connectivity index is 1.50. The van der Waals surface area contributed by atoms with Crippen LogP contribution >= 0.6 is 22.9 Å². The molecule has 1 atom stereocenters. The number of benzene rings is 2. The van der Waals surface area contributed by atoms with Crippen LogP contribution in [0.1, 0.15) is 49.2 Å². The smallest absolute Gasteiger partial charge is 0.301 e. The van der Waals surface area contributed by atoms with E-state index in [-0.39, 0.29) is 11.3 Å². The van der Waals surface area contributed by atoms with Crippen molar-refractivity contribution in [3.8, 4) is 5.75 Å². The number of pyridine rings is 1. The Morgan fingerprint density at radius 3 is 2.66 bits per heavy atom. The van der Waals surface area contributed by atoms with Gasteiger partial charge in [-0.2, -0.15) is 0 Å². The molecule has 1 aliphatic heterocycles. The lowest BCUT2D eigenvalue weighted by Crippen LogP contribution is -2.29. The first kappa shape index (κ1) is 27.0. The Hall–Kier alpha value is -4.21. The number of aliphatic hydroxyl groups excluding tert-OH is 1. The number of halogens is 1. The van der Waals surface area contributed by atoms with Gasteiger partial charge < -0.3 is 9.84 Å². The molecule has 0 saturated carbocycles. The van der Waals surface area contributed by atoms with E-state index in [1.807, 2.05) is 42.5 Å². The van der Waals surface area contributed by atoms with Crippen LogP contribution in [0.25, 0.3) is 21.6 Å². The zero-order valence-corrected chi connectivity index (χ0v) is 24.1. The minimum absolute atomic E-state index is 0.0299. The van der Waals surface area contributed by atoms with Gasteiger partial charge in [0.15, 0.2) is 10.9 Å². The summed E-state index contributed by atoms with van der Waals surface area (Å²) in [6.45, 7) is 4.50. The summed E-state index contributed by atoms with van der Waals surface area (Å²) >= 11 is 7.46. The van der Waals surface area contributed by atoms with Crippen molar-refractivity contribution in [2.45, 2.75) is 39.2 Å². The summed E-state index contributed by atoms with van der Waals surface area (Å²) < 4.78 is 8.37. The number of hydrogen-bond acceptors (Lipinski definition) is 7. The van der Waals surface area contributed by atoms with E-state index >= 15 is 0 Å². The van der Waals surface area contributed by atoms with E-state index in [4.69, 9.17) is 16.3 Å². The van der Waals surface area contributed by atoms with Crippen molar-refractivity contribution in [3.63, 3.8) is 0 Å². The first-order valence-corrected chi connectivity index (χ1v) is 14.6. The number of nitrogens with zero attached hydrogens (tertiary/aromatic N) is 4. The van der Waals surface area contributed by atoms with Gasteiger partial charge in [0.25, 0.3) is 5.78 Å². The fourth-order valence-electron chi connectivity index (χ4n) is 5.15. The van der Waals surface area contributed by atoms with Crippen molar-refractivity contribution in [1.29, 1.82) is 0 Å². The van der Waals surface area contributed by atoms with Gasteiger partial charge in [-0.15, -0.1) is 0 Å². The highest BCUT2D eigenvalue weighted by atomic mass is 35.5. The molecule has 41 heavy (non-hydrogen) atoms. The van der Waals surface area contributed by atoms with Gasteiger partial charge in [0.1, 0.15) is 17.1 Å². The molecule has 10 heteroatoms. The first-order chi connectivity index (χ1) is 19.9. The van der Waals surface area contributed by atoms with E-state index in [0.29, 0.717) is 50.6 Å². The molecule has 0 bridgehead atoms. The normalized spacial score (nSPS) is 16.8. The second kappa shape index (κ2) is 11.0. The number of rotatable bonds is 8. The molecule has 2 aromatic carbocycles. The summed E-state index contributed by atoms with van der Waals surface area (Å²) in [4.78, 5) is 37.9. The number of unbranched alkanes of at least 4 members (excludes halogenated alkanes) is 2. The zero-order valence-electron chi connectivity index (χ0n) is 22.5. The molecule has 1 unspecified atom stereocenters. The number of thiazole rings is 1. The number of carbonyl (C=O) groups excluding carboxylic acids is 2. The van der Waals surface area contributed by atoms with Crippen molar-refractivity contribution < 1.29 is 19.4 Å². The number of anilines is 1. The Morgan fingerprint density at radius 1 is 1.07 bits per heavy atom. The summed E-state index contributed by atoms with van der Waals surface area (Å²) in [5, 5.41) is 12.6. The van der Waals surface area contributed by atoms with E-state index < -0.39 is 17.7 Å². The molecule has 6 rings (SSSR count). The Labute approximate surface area is 245 Å². The molecule has 1 aliphatic rings. The maximum atomic E-state index is 13.7. The fraction of sp³-hybridized carbons (Fsp3) is 0.226. The van der Waals surface area contributed by atoms with Gasteiger partial charge in [-0.05, 0) is 61.4 Å². The van der Waals surface area contributed by atoms with Crippen LogP contribution in [0.5, 0.6) is 5.75 Å². The molecular formula is C31H27ClN4O4S. The van der Waals surface area contributed by atoms with Crippen LogP contribution in [0, 0.1) is 6.92 Å². The van der Waals surface area contributed by atoms with Crippen LogP contribution in [0.4, 0.5) is 5.13 Å². The molecule has 1 saturated heterocycles. The van der Waals surface area contributed by atoms with Crippen LogP contribution in [0.15, 0.2) is 72.4 Å². The SMILES string of the molecule is CCCCCOc1ccc(C2C(=C(O)c3c(C)nc4ccccn34)C(=O)C(=O)N2c2nc3ccc(Cl)cc3s2)cc1. The highest BCUT2D eigenvalue weighted by Crippen LogP contribution is 2.45. The second-order valence-electron chi connectivity index (χ2n) is 9.88. The predicted octanol–water partition coefficient (Wildman–Crippen LogP) is 7.10. The lowest BCUT2D eigenvalue weighted by Gasteiger charge is -2.23. The number of fused-ring (bicyclic) bond motifs is 2. The van der Waals surface area contributed by atoms with Gasteiger partial charge in [-0.1, -0.05) is 60.9 Å². The molecule has 1 fully saturated rings. The average molecular weight is 587 g/mol. The van der Waals surface area contributed by atoms with Crippen LogP contribution in [0.3, 0.4) is 0 Å². The number of ether oxygens (including phenoxy) is 1. The van der Waals surface area contributed by atoms with E-state index in [2.05, 4.69) is 16.9 Å². The zero-order chi connectivity index (χ0) is 28.7. The van der Waals surface area contributed by atoms with Gasteiger partial charge in [0.05, 0.1) is 34.1 Å². The number of aliphatic hydroxyl groups is 1. The molecule has 208 valence electrons. The number of Topliss-reactive ketones (excluding diaryl/α,β-unsaturated/α-hetero) is 1. The molecule has 0 radical (unpaired) electrons. The first-order valence-electron chi connectivity index (χ1n) is 13.4. The van der Waals surface area contributed by atoms with Crippen molar-refractivity contribution >= 4 is 61.4 Å². The van der Waals surface area contributed by atoms with Gasteiger partial charge in [-0.3, -0.25) is 18.9 Å². The average Bonchev–Trinajstić information content (AvgIpc) is 3.61. The summed E-state index contributed by atoms with van der Waals surface area (Å²) in [5.41, 5.74) is 2.77. The number of carbonyl (C=O) groups is 2. The largest absolute Gasteiger partial charge is 0.505 e. The molecule has 5 aromatic rings. The standard InChI is InChI=1S/C31H27ClN4O4S/c1-3-4-7-16-40-21-12-9-19(10-13-21)27-25(28(37)26-18(2)33-24-8-5-6-15-35(24)26)29(38)30(39)36(27)31-34-22-14-11-20(32)17-23(22)41-31/h5-6,8-15,17,27,37H,3-4,7,16H2,1-2H3. The number of aryl methyl sites for hydroxylation is 1. The van der Waals surface area contributed by atoms with Crippen molar-refractivity contribution in [1.82, 2.24) is 14.4 Å². The van der Waals surface area contributed by atoms with Crippen molar-refractivity contribution in [3.05, 3.63) is 94.4 Å². The number of ketones is 1. The Kier molecular flexibility index (Phi) is 7.23. The second-order valence-corrected chi connectivity index (χ2v) is 11.3. The van der Waals surface area contributed by atoms with Crippen LogP contribution in [-0.2, 0) is 9.59 Å². The number of hydrogen-bond donors (Lipinski definition) is 1. The number of aromatic nitrogens is 3. The van der Waals surface area contributed by atoms with Crippen LogP contribution < -0.4 is 9.64 Å². The predicted molar refractivity (Wildman–Crippen MR) is 161 cm³/mol. The highest BCUT2D eigenvalue weighted by molar-refractivity contribution is 7.22. The maximum Gasteiger partial charge on any atom is 0.301 e. The molecule has 8 nitrogen and oxygen atoms in total. The van der Waals surface area contributed by atoms with Crippen molar-refractivity contribution in [2.75, 3.05) is 11.5 Å². The molecule has 3 aromatic heterocycles. The molecule has 0 aliphatic carbocycles. The third-order valence-electron chi connectivity index (χ3n) is 7.13. The molecule has 0 spiro atoms. The fourth-order valence-corrected chi connectivity index (χ4v) is 6.42. The van der Waals surface area contributed by atoms with E-state index in [1.165, 1.54) is 16.2 Å². The molecule has 1 N–H and O–H groups in total. The maximum absolute atomic E-state index is 13.7. The Morgan fingerprint density at radius 2 is 1.88 bits per heavy atom. The number of amides is 1. The van der Waals surface area contributed by atoms with Gasteiger partial charge in [0.2, 0.25) is 0 Å². The third-order valence-corrected chi connectivity index (χ3v) is 8.38. The topological polar surface area (TPSA) is 97.0 Å². The van der Waals surface area contributed by atoms with Crippen molar-refractivity contribution in [2.24, 2.45) is 0 Å². The van der Waals surface area contributed by atoms with Gasteiger partial charge in [0, 0.05) is 11.2 Å². The van der Waals surface area contributed by atoms with Gasteiger partial charge in [-0.25, -0.2) is 9.97 Å². The lowest BCUT2D eigenvalue weighted by atomic mass is 9.96. The summed E-state index contributed by atoms with van der Waals surface area (Å²) in [7, 11) is 0. The van der Waals surface area contributed by atoms with E-state index in [9.17, 15) is 14.7 Å². The van der Waals surface area contributed by atoms with E-state index in [0.717, 1.165) is 24.0 Å². The lowest BCUT2D eigenvalue weighted by molar-refractivity contribution is -0.132. The minimum atomic E-state index is -0.922. The monoisotopic (exact) mass is 586 g/mol. The summed E-state index contributed by atoms with van der Waals surface area (Å²) in [6.07, 6.45) is 4.91. The summed E-state index contributed by atoms with van der Waals surface area (Å²) in [5.74, 6) is -1.17. The minimum Gasteiger partial charge on any atom is -0.505 e. The quantitative estimate of drug-likeness (QED) is 0.0901. The number of imidazole rings is 1. The van der Waals surface area contributed by atoms with Crippen LogP contribution in [0.2, 0.25) is 5.02 Å². The highest BCUT2D eigenvalue weighted by Gasteiger charge is 2.48. The third kappa shape index (κ3) is 4.85. The van der Waals surface area contributed by atoms with E-state index in [1.54, 1.807) is 35.7 Å². The Bertz CT molecular complexity index is 1830. The van der Waals surface area contributed by atoms with Gasteiger partial charge >= 0.3 is 5.91 Å². The molecule has 4 heterocycles. The van der Waals surface area contributed by atoms with Crippen LogP contribution in [-0.4, -0.2) is 37.8 Å². The molecular weight excluding hydrogens is 560 g/mol. The molecule has 1 amide bonds.